The smallest absolute Gasteiger partial charge is 0.261 e. The SMILES string of the molecule is COc1ccc(CN(C)C(=O)c2ccc3c(c2)C(=O)N(C)C3=O)cc1F. The fourth-order valence-corrected chi connectivity index (χ4v) is 2.87. The van der Waals surface area contributed by atoms with E-state index in [-0.39, 0.29) is 40.8 Å². The van der Waals surface area contributed by atoms with Crippen LogP contribution in [0.5, 0.6) is 5.75 Å². The molecule has 3 amide bonds. The van der Waals surface area contributed by atoms with Crippen molar-refractivity contribution in [1.82, 2.24) is 9.80 Å². The van der Waals surface area contributed by atoms with Crippen LogP contribution in [0.25, 0.3) is 0 Å². The molecule has 0 aromatic heterocycles. The maximum absolute atomic E-state index is 13.8. The van der Waals surface area contributed by atoms with Crippen LogP contribution in [-0.4, -0.2) is 48.7 Å². The van der Waals surface area contributed by atoms with Gasteiger partial charge in [-0.1, -0.05) is 6.07 Å². The van der Waals surface area contributed by atoms with E-state index in [1.54, 1.807) is 13.1 Å². The second-order valence-electron chi connectivity index (χ2n) is 6.06. The third-order valence-electron chi connectivity index (χ3n) is 4.32. The molecular weight excluding hydrogens is 339 g/mol. The summed E-state index contributed by atoms with van der Waals surface area (Å²) in [5, 5.41) is 0. The highest BCUT2D eigenvalue weighted by Crippen LogP contribution is 2.24. The zero-order valence-electron chi connectivity index (χ0n) is 14.6. The van der Waals surface area contributed by atoms with Crippen molar-refractivity contribution in [3.05, 3.63) is 64.5 Å². The average molecular weight is 356 g/mol. The number of ether oxygens (including phenoxy) is 1. The first-order chi connectivity index (χ1) is 12.3. The highest BCUT2D eigenvalue weighted by molar-refractivity contribution is 6.21. The van der Waals surface area contributed by atoms with Gasteiger partial charge in [-0.2, -0.15) is 0 Å². The van der Waals surface area contributed by atoms with Crippen LogP contribution in [0.15, 0.2) is 36.4 Å². The van der Waals surface area contributed by atoms with Gasteiger partial charge < -0.3 is 9.64 Å². The van der Waals surface area contributed by atoms with Crippen molar-refractivity contribution in [3.63, 3.8) is 0 Å². The van der Waals surface area contributed by atoms with Gasteiger partial charge in [0.25, 0.3) is 17.7 Å². The summed E-state index contributed by atoms with van der Waals surface area (Å²) < 4.78 is 18.7. The van der Waals surface area contributed by atoms with E-state index in [2.05, 4.69) is 0 Å². The van der Waals surface area contributed by atoms with E-state index < -0.39 is 11.7 Å². The fourth-order valence-electron chi connectivity index (χ4n) is 2.87. The molecule has 0 saturated carbocycles. The largest absolute Gasteiger partial charge is 0.494 e. The summed E-state index contributed by atoms with van der Waals surface area (Å²) in [6.07, 6.45) is 0. The van der Waals surface area contributed by atoms with Crippen molar-refractivity contribution < 1.29 is 23.5 Å². The number of carbonyl (C=O) groups excluding carboxylic acids is 3. The molecule has 1 heterocycles. The van der Waals surface area contributed by atoms with Gasteiger partial charge in [0.2, 0.25) is 0 Å². The molecular formula is C19H17FN2O4. The average Bonchev–Trinajstić information content (AvgIpc) is 2.85. The molecule has 0 bridgehead atoms. The molecule has 134 valence electrons. The molecule has 0 unspecified atom stereocenters. The first kappa shape index (κ1) is 17.6. The number of methoxy groups -OCH3 is 1. The third-order valence-corrected chi connectivity index (χ3v) is 4.32. The van der Waals surface area contributed by atoms with E-state index in [4.69, 9.17) is 4.74 Å². The molecule has 0 spiro atoms. The van der Waals surface area contributed by atoms with Crippen LogP contribution in [0.3, 0.4) is 0 Å². The number of carbonyl (C=O) groups is 3. The van der Waals surface area contributed by atoms with Crippen LogP contribution in [0, 0.1) is 5.82 Å². The summed E-state index contributed by atoms with van der Waals surface area (Å²) in [6, 6.07) is 8.89. The Hall–Kier alpha value is -3.22. The second-order valence-corrected chi connectivity index (χ2v) is 6.06. The van der Waals surface area contributed by atoms with Crippen LogP contribution in [0.4, 0.5) is 4.39 Å². The summed E-state index contributed by atoms with van der Waals surface area (Å²) in [6.45, 7) is 0.184. The minimum atomic E-state index is -0.504. The lowest BCUT2D eigenvalue weighted by atomic mass is 10.0. The van der Waals surface area contributed by atoms with E-state index in [9.17, 15) is 18.8 Å². The fraction of sp³-hybridized carbons (Fsp3) is 0.211. The Morgan fingerprint density at radius 3 is 2.46 bits per heavy atom. The molecule has 26 heavy (non-hydrogen) atoms. The van der Waals surface area contributed by atoms with E-state index >= 15 is 0 Å². The van der Waals surface area contributed by atoms with Crippen LogP contribution in [-0.2, 0) is 6.54 Å². The summed E-state index contributed by atoms with van der Waals surface area (Å²) >= 11 is 0. The number of rotatable bonds is 4. The molecule has 3 rings (SSSR count). The van der Waals surface area contributed by atoms with Crippen molar-refractivity contribution in [2.75, 3.05) is 21.2 Å². The highest BCUT2D eigenvalue weighted by Gasteiger charge is 2.33. The Morgan fingerprint density at radius 1 is 1.12 bits per heavy atom. The lowest BCUT2D eigenvalue weighted by Gasteiger charge is -2.18. The number of halogens is 1. The van der Waals surface area contributed by atoms with E-state index in [1.165, 1.54) is 49.4 Å². The Morgan fingerprint density at radius 2 is 1.81 bits per heavy atom. The van der Waals surface area contributed by atoms with Crippen molar-refractivity contribution in [3.8, 4) is 5.75 Å². The molecule has 0 saturated heterocycles. The van der Waals surface area contributed by atoms with Gasteiger partial charge in [-0.05, 0) is 35.9 Å². The third kappa shape index (κ3) is 2.92. The quantitative estimate of drug-likeness (QED) is 0.789. The molecule has 0 radical (unpaired) electrons. The van der Waals surface area contributed by atoms with E-state index in [0.717, 1.165) is 4.90 Å². The number of hydrogen-bond acceptors (Lipinski definition) is 4. The molecule has 7 heteroatoms. The Bertz CT molecular complexity index is 926. The number of benzene rings is 2. The molecule has 2 aromatic carbocycles. The predicted molar refractivity (Wildman–Crippen MR) is 91.6 cm³/mol. The molecule has 0 atom stereocenters. The number of fused-ring (bicyclic) bond motifs is 1. The van der Waals surface area contributed by atoms with Gasteiger partial charge >= 0.3 is 0 Å². The summed E-state index contributed by atoms with van der Waals surface area (Å²) in [5.74, 6) is -1.52. The van der Waals surface area contributed by atoms with Crippen LogP contribution < -0.4 is 4.74 Å². The molecule has 0 fully saturated rings. The monoisotopic (exact) mass is 356 g/mol. The van der Waals surface area contributed by atoms with Crippen molar-refractivity contribution >= 4 is 17.7 Å². The molecule has 6 nitrogen and oxygen atoms in total. The maximum Gasteiger partial charge on any atom is 0.261 e. The zero-order valence-corrected chi connectivity index (χ0v) is 14.6. The van der Waals surface area contributed by atoms with Gasteiger partial charge in [0.15, 0.2) is 11.6 Å². The summed E-state index contributed by atoms with van der Waals surface area (Å²) in [4.78, 5) is 39.0. The lowest BCUT2D eigenvalue weighted by molar-refractivity contribution is 0.0692. The molecule has 2 aromatic rings. The number of nitrogens with zero attached hydrogens (tertiary/aromatic N) is 2. The lowest BCUT2D eigenvalue weighted by Crippen LogP contribution is -2.26. The zero-order chi connectivity index (χ0) is 19.0. The van der Waals surface area contributed by atoms with Crippen molar-refractivity contribution in [1.29, 1.82) is 0 Å². The van der Waals surface area contributed by atoms with Gasteiger partial charge in [0, 0.05) is 26.2 Å². The Labute approximate surface area is 149 Å². The van der Waals surface area contributed by atoms with E-state index in [1.807, 2.05) is 0 Å². The minimum Gasteiger partial charge on any atom is -0.494 e. The first-order valence-electron chi connectivity index (χ1n) is 7.87. The summed E-state index contributed by atoms with van der Waals surface area (Å²) in [5.41, 5.74) is 1.39. The van der Waals surface area contributed by atoms with Crippen LogP contribution >= 0.6 is 0 Å². The van der Waals surface area contributed by atoms with E-state index in [0.29, 0.717) is 5.56 Å². The van der Waals surface area contributed by atoms with Crippen LogP contribution in [0.1, 0.15) is 36.6 Å². The van der Waals surface area contributed by atoms with Crippen molar-refractivity contribution in [2.24, 2.45) is 0 Å². The van der Waals surface area contributed by atoms with Gasteiger partial charge in [-0.3, -0.25) is 19.3 Å². The maximum atomic E-state index is 13.8. The van der Waals surface area contributed by atoms with Gasteiger partial charge in [0.05, 0.1) is 18.2 Å². The normalized spacial score (nSPS) is 13.0. The Kier molecular flexibility index (Phi) is 4.46. The molecule has 1 aliphatic heterocycles. The first-order valence-corrected chi connectivity index (χ1v) is 7.87. The second kappa shape index (κ2) is 6.59. The number of amides is 3. The van der Waals surface area contributed by atoms with Crippen molar-refractivity contribution in [2.45, 2.75) is 6.54 Å². The standard InChI is InChI=1S/C19H17FN2O4/c1-21(10-11-4-7-16(26-3)15(20)8-11)17(23)12-5-6-13-14(9-12)19(25)22(2)18(13)24/h4-9H,10H2,1-3H3. The van der Waals surface area contributed by atoms with Crippen LogP contribution in [0.2, 0.25) is 0 Å². The number of imide groups is 1. The summed E-state index contributed by atoms with van der Waals surface area (Å²) in [7, 11) is 4.36. The highest BCUT2D eigenvalue weighted by atomic mass is 19.1. The van der Waals surface area contributed by atoms with Gasteiger partial charge in [0.1, 0.15) is 0 Å². The van der Waals surface area contributed by atoms with Gasteiger partial charge in [-0.25, -0.2) is 4.39 Å². The minimum absolute atomic E-state index is 0.133. The molecule has 1 aliphatic rings. The number of hydrogen-bond donors (Lipinski definition) is 0. The Balaban J connectivity index is 1.81. The topological polar surface area (TPSA) is 66.9 Å². The molecule has 0 N–H and O–H groups in total. The predicted octanol–water partition coefficient (Wildman–Crippen LogP) is 2.33. The molecule has 0 aliphatic carbocycles. The van der Waals surface area contributed by atoms with Gasteiger partial charge in [-0.15, -0.1) is 0 Å².